The Hall–Kier alpha value is -0.540. The third-order valence-corrected chi connectivity index (χ3v) is 1.91. The molecule has 82 valence electrons. The van der Waals surface area contributed by atoms with Gasteiger partial charge in [0.1, 0.15) is 0 Å². The van der Waals surface area contributed by atoms with Crippen LogP contribution in [-0.2, 0) is 9.53 Å². The molecule has 14 heavy (non-hydrogen) atoms. The number of halogens is 1. The molecule has 0 aromatic rings. The number of ether oxygens (including phenoxy) is 1. The quantitative estimate of drug-likeness (QED) is 0.672. The van der Waals surface area contributed by atoms with E-state index in [2.05, 4.69) is 0 Å². The van der Waals surface area contributed by atoms with Gasteiger partial charge in [0, 0.05) is 5.03 Å². The standard InChI is InChI=1S/C10H17ClO3/c1-3-9(7-10(12)13)14-6-4-5-8(2)11/h5,9H,3-4,6-7H2,1-2H3,(H,12,13). The number of carboxylic acids is 1. The molecule has 1 atom stereocenters. The lowest BCUT2D eigenvalue weighted by molar-refractivity contribution is -0.140. The molecule has 0 rings (SSSR count). The molecule has 0 aliphatic carbocycles. The molecule has 0 spiro atoms. The Morgan fingerprint density at radius 3 is 2.71 bits per heavy atom. The molecule has 0 radical (unpaired) electrons. The molecular formula is C10H17ClO3. The van der Waals surface area contributed by atoms with Crippen molar-refractivity contribution in [3.63, 3.8) is 0 Å². The maximum absolute atomic E-state index is 10.4. The molecule has 0 aliphatic heterocycles. The Morgan fingerprint density at radius 2 is 2.29 bits per heavy atom. The van der Waals surface area contributed by atoms with E-state index in [4.69, 9.17) is 21.4 Å². The lowest BCUT2D eigenvalue weighted by Gasteiger charge is -2.12. The molecule has 0 fully saturated rings. The van der Waals surface area contributed by atoms with Gasteiger partial charge in [-0.05, 0) is 19.8 Å². The van der Waals surface area contributed by atoms with Gasteiger partial charge >= 0.3 is 5.97 Å². The highest BCUT2D eigenvalue weighted by Crippen LogP contribution is 2.06. The largest absolute Gasteiger partial charge is 0.481 e. The second-order valence-electron chi connectivity index (χ2n) is 3.08. The summed E-state index contributed by atoms with van der Waals surface area (Å²) in [4.78, 5) is 10.4. The molecule has 1 N–H and O–H groups in total. The first-order valence-electron chi connectivity index (χ1n) is 4.72. The van der Waals surface area contributed by atoms with Crippen LogP contribution in [0.3, 0.4) is 0 Å². The van der Waals surface area contributed by atoms with E-state index in [1.807, 2.05) is 13.0 Å². The summed E-state index contributed by atoms with van der Waals surface area (Å²) in [6.07, 6.45) is 3.19. The maximum atomic E-state index is 10.4. The molecule has 0 saturated carbocycles. The van der Waals surface area contributed by atoms with Crippen LogP contribution in [0.5, 0.6) is 0 Å². The van der Waals surface area contributed by atoms with Gasteiger partial charge in [-0.1, -0.05) is 24.6 Å². The Labute approximate surface area is 89.7 Å². The Kier molecular flexibility index (Phi) is 7.52. The second-order valence-corrected chi connectivity index (χ2v) is 3.67. The van der Waals surface area contributed by atoms with Crippen LogP contribution < -0.4 is 0 Å². The number of hydrogen-bond donors (Lipinski definition) is 1. The second kappa shape index (κ2) is 7.83. The number of aliphatic carboxylic acids is 1. The van der Waals surface area contributed by atoms with E-state index < -0.39 is 5.97 Å². The van der Waals surface area contributed by atoms with Crippen molar-refractivity contribution in [2.75, 3.05) is 6.61 Å². The average Bonchev–Trinajstić information content (AvgIpc) is 2.09. The lowest BCUT2D eigenvalue weighted by atomic mass is 10.2. The van der Waals surface area contributed by atoms with Gasteiger partial charge in [0.2, 0.25) is 0 Å². The van der Waals surface area contributed by atoms with Gasteiger partial charge in [-0.25, -0.2) is 0 Å². The first kappa shape index (κ1) is 13.5. The Bertz CT molecular complexity index is 198. The first-order valence-corrected chi connectivity index (χ1v) is 5.09. The summed E-state index contributed by atoms with van der Waals surface area (Å²) in [5, 5.41) is 9.28. The van der Waals surface area contributed by atoms with E-state index in [0.29, 0.717) is 6.61 Å². The number of hydrogen-bond acceptors (Lipinski definition) is 2. The molecule has 0 saturated heterocycles. The SMILES string of the molecule is CCC(CC(=O)O)OCCC=C(C)Cl. The van der Waals surface area contributed by atoms with Crippen LogP contribution in [0.2, 0.25) is 0 Å². The fourth-order valence-corrected chi connectivity index (χ4v) is 1.12. The van der Waals surface area contributed by atoms with E-state index in [1.165, 1.54) is 0 Å². The molecule has 4 heteroatoms. The van der Waals surface area contributed by atoms with Crippen LogP contribution in [-0.4, -0.2) is 23.8 Å². The van der Waals surface area contributed by atoms with Crippen molar-refractivity contribution in [1.82, 2.24) is 0 Å². The molecule has 0 aliphatic rings. The Morgan fingerprint density at radius 1 is 1.64 bits per heavy atom. The van der Waals surface area contributed by atoms with Crippen LogP contribution in [0.15, 0.2) is 11.1 Å². The van der Waals surface area contributed by atoms with Crippen molar-refractivity contribution in [2.24, 2.45) is 0 Å². The van der Waals surface area contributed by atoms with Gasteiger partial charge in [-0.15, -0.1) is 0 Å². The average molecular weight is 221 g/mol. The Balaban J connectivity index is 3.62. The van der Waals surface area contributed by atoms with Gasteiger partial charge in [0.05, 0.1) is 19.1 Å². The minimum Gasteiger partial charge on any atom is -0.481 e. The van der Waals surface area contributed by atoms with E-state index in [-0.39, 0.29) is 12.5 Å². The number of carboxylic acid groups (broad SMARTS) is 1. The monoisotopic (exact) mass is 220 g/mol. The number of rotatable bonds is 7. The van der Waals surface area contributed by atoms with E-state index in [0.717, 1.165) is 17.9 Å². The molecular weight excluding hydrogens is 204 g/mol. The summed E-state index contributed by atoms with van der Waals surface area (Å²) >= 11 is 5.62. The van der Waals surface area contributed by atoms with Gasteiger partial charge in [-0.3, -0.25) is 4.79 Å². The smallest absolute Gasteiger partial charge is 0.305 e. The zero-order valence-corrected chi connectivity index (χ0v) is 9.38. The maximum Gasteiger partial charge on any atom is 0.305 e. The summed E-state index contributed by atoms with van der Waals surface area (Å²) in [5.41, 5.74) is 0. The predicted molar refractivity (Wildman–Crippen MR) is 56.5 cm³/mol. The van der Waals surface area contributed by atoms with E-state index in [1.54, 1.807) is 6.92 Å². The zero-order valence-electron chi connectivity index (χ0n) is 8.62. The van der Waals surface area contributed by atoms with Crippen LogP contribution in [0.4, 0.5) is 0 Å². The van der Waals surface area contributed by atoms with Gasteiger partial charge in [0.15, 0.2) is 0 Å². The van der Waals surface area contributed by atoms with Crippen LogP contribution in [0, 0.1) is 0 Å². The summed E-state index contributed by atoms with van der Waals surface area (Å²) in [7, 11) is 0. The van der Waals surface area contributed by atoms with Crippen LogP contribution in [0.25, 0.3) is 0 Å². The van der Waals surface area contributed by atoms with Crippen LogP contribution >= 0.6 is 11.6 Å². The minimum atomic E-state index is -0.819. The molecule has 0 aromatic heterocycles. The van der Waals surface area contributed by atoms with Crippen molar-refractivity contribution in [1.29, 1.82) is 0 Å². The van der Waals surface area contributed by atoms with Crippen molar-refractivity contribution in [3.8, 4) is 0 Å². The highest BCUT2D eigenvalue weighted by atomic mass is 35.5. The molecule has 0 amide bonds. The molecule has 1 unspecified atom stereocenters. The molecule has 0 aromatic carbocycles. The van der Waals surface area contributed by atoms with Crippen LogP contribution in [0.1, 0.15) is 33.1 Å². The highest BCUT2D eigenvalue weighted by Gasteiger charge is 2.10. The molecule has 3 nitrogen and oxygen atoms in total. The summed E-state index contributed by atoms with van der Waals surface area (Å²) in [6, 6.07) is 0. The van der Waals surface area contributed by atoms with Crippen molar-refractivity contribution >= 4 is 17.6 Å². The normalized spacial score (nSPS) is 14.1. The topological polar surface area (TPSA) is 46.5 Å². The highest BCUT2D eigenvalue weighted by molar-refractivity contribution is 6.29. The van der Waals surface area contributed by atoms with Crippen molar-refractivity contribution in [2.45, 2.75) is 39.2 Å². The van der Waals surface area contributed by atoms with E-state index >= 15 is 0 Å². The predicted octanol–water partition coefficient (Wildman–Crippen LogP) is 2.79. The first-order chi connectivity index (χ1) is 6.56. The number of carbonyl (C=O) groups is 1. The summed E-state index contributed by atoms with van der Waals surface area (Å²) in [5.74, 6) is -0.819. The van der Waals surface area contributed by atoms with Gasteiger partial charge in [-0.2, -0.15) is 0 Å². The lowest BCUT2D eigenvalue weighted by Crippen LogP contribution is -2.17. The minimum absolute atomic E-state index is 0.0695. The van der Waals surface area contributed by atoms with Gasteiger partial charge < -0.3 is 9.84 Å². The fourth-order valence-electron chi connectivity index (χ4n) is 1.01. The van der Waals surface area contributed by atoms with E-state index in [9.17, 15) is 4.79 Å². The number of allylic oxidation sites excluding steroid dienone is 1. The van der Waals surface area contributed by atoms with Crippen molar-refractivity contribution in [3.05, 3.63) is 11.1 Å². The third kappa shape index (κ3) is 8.08. The molecule has 0 heterocycles. The third-order valence-electron chi connectivity index (χ3n) is 1.75. The summed E-state index contributed by atoms with van der Waals surface area (Å²) in [6.45, 7) is 4.24. The summed E-state index contributed by atoms with van der Waals surface area (Å²) < 4.78 is 5.37. The molecule has 0 bridgehead atoms. The van der Waals surface area contributed by atoms with Crippen molar-refractivity contribution < 1.29 is 14.6 Å². The van der Waals surface area contributed by atoms with Gasteiger partial charge in [0.25, 0.3) is 0 Å². The fraction of sp³-hybridized carbons (Fsp3) is 0.700. The zero-order chi connectivity index (χ0) is 11.0.